The van der Waals surface area contributed by atoms with E-state index in [0.29, 0.717) is 24.4 Å². The van der Waals surface area contributed by atoms with Gasteiger partial charge in [-0.15, -0.1) is 0 Å². The van der Waals surface area contributed by atoms with Gasteiger partial charge in [-0.25, -0.2) is 0 Å². The molecule has 0 atom stereocenters. The van der Waals surface area contributed by atoms with Crippen LogP contribution in [-0.4, -0.2) is 24.4 Å². The van der Waals surface area contributed by atoms with Crippen molar-refractivity contribution in [1.29, 1.82) is 0 Å². The molecule has 8 fully saturated rings. The third kappa shape index (κ3) is 2.23. The molecule has 4 saturated heterocycles. The molecule has 2 heteroatoms. The first-order valence-corrected chi connectivity index (χ1v) is 9.11. The lowest BCUT2D eigenvalue weighted by Crippen LogP contribution is -2.45. The van der Waals surface area contributed by atoms with Crippen molar-refractivity contribution in [3.63, 3.8) is 0 Å². The van der Waals surface area contributed by atoms with Crippen LogP contribution in [0.25, 0.3) is 0 Å². The van der Waals surface area contributed by atoms with Gasteiger partial charge in [-0.2, -0.15) is 0 Å². The molecule has 20 heavy (non-hydrogen) atoms. The molecule has 4 saturated carbocycles. The number of hydrogen-bond acceptors (Lipinski definition) is 2. The van der Waals surface area contributed by atoms with Crippen LogP contribution in [0.15, 0.2) is 0 Å². The minimum absolute atomic E-state index is 0.677. The van der Waals surface area contributed by atoms with Gasteiger partial charge in [0.1, 0.15) is 0 Å². The second-order valence-corrected chi connectivity index (χ2v) is 8.58. The van der Waals surface area contributed by atoms with Crippen LogP contribution in [0.2, 0.25) is 0 Å². The van der Waals surface area contributed by atoms with Gasteiger partial charge in [0.25, 0.3) is 0 Å². The summed E-state index contributed by atoms with van der Waals surface area (Å²) in [6, 6.07) is 0. The van der Waals surface area contributed by atoms with Gasteiger partial charge in [-0.05, 0) is 87.9 Å². The van der Waals surface area contributed by atoms with Crippen LogP contribution in [-0.2, 0) is 9.47 Å². The number of rotatable bonds is 0. The lowest BCUT2D eigenvalue weighted by Gasteiger charge is -2.49. The van der Waals surface area contributed by atoms with E-state index in [2.05, 4.69) is 0 Å². The third-order valence-electron chi connectivity index (χ3n) is 6.87. The highest BCUT2D eigenvalue weighted by molar-refractivity contribution is 4.93. The fourth-order valence-corrected chi connectivity index (χ4v) is 6.45. The molecule has 0 aromatic rings. The molecule has 0 amide bonds. The maximum absolute atomic E-state index is 5.82. The molecular formula is C18H28O2. The second kappa shape index (κ2) is 4.71. The van der Waals surface area contributed by atoms with Crippen molar-refractivity contribution in [3.8, 4) is 0 Å². The van der Waals surface area contributed by atoms with Crippen LogP contribution >= 0.6 is 0 Å². The summed E-state index contributed by atoms with van der Waals surface area (Å²) >= 11 is 0. The molecule has 4 aliphatic heterocycles. The zero-order valence-electron chi connectivity index (χ0n) is 12.5. The Balaban J connectivity index is 0.0000000960. The minimum atomic E-state index is 0.677. The summed E-state index contributed by atoms with van der Waals surface area (Å²) in [5.41, 5.74) is 0. The van der Waals surface area contributed by atoms with Crippen LogP contribution in [0, 0.1) is 23.7 Å². The van der Waals surface area contributed by atoms with Crippen molar-refractivity contribution in [2.24, 2.45) is 23.7 Å². The first-order valence-electron chi connectivity index (χ1n) is 9.11. The average Bonchev–Trinajstić information content (AvgIpc) is 2.35. The Bertz CT molecular complexity index is 229. The Kier molecular flexibility index (Phi) is 2.93. The second-order valence-electron chi connectivity index (χ2n) is 8.58. The Hall–Kier alpha value is -0.0800. The van der Waals surface area contributed by atoms with Gasteiger partial charge < -0.3 is 9.47 Å². The van der Waals surface area contributed by atoms with Gasteiger partial charge in [0.2, 0.25) is 0 Å². The molecule has 0 spiro atoms. The summed E-state index contributed by atoms with van der Waals surface area (Å²) in [5.74, 6) is 4.21. The van der Waals surface area contributed by atoms with Crippen LogP contribution in [0.5, 0.6) is 0 Å². The minimum Gasteiger partial charge on any atom is -0.375 e. The highest BCUT2D eigenvalue weighted by Crippen LogP contribution is 2.48. The Labute approximate surface area is 122 Å². The Morgan fingerprint density at radius 2 is 0.600 bits per heavy atom. The first kappa shape index (κ1) is 12.5. The summed E-state index contributed by atoms with van der Waals surface area (Å²) in [6.07, 6.45) is 16.8. The molecule has 2 nitrogen and oxygen atoms in total. The normalized spacial score (nSPS) is 57.6. The van der Waals surface area contributed by atoms with Crippen molar-refractivity contribution < 1.29 is 9.47 Å². The molecule has 0 aromatic carbocycles. The fraction of sp³-hybridized carbons (Fsp3) is 1.00. The molecular weight excluding hydrogens is 248 g/mol. The lowest BCUT2D eigenvalue weighted by molar-refractivity contribution is -0.154. The van der Waals surface area contributed by atoms with Crippen LogP contribution in [0.4, 0.5) is 0 Å². The van der Waals surface area contributed by atoms with Gasteiger partial charge in [0.05, 0.1) is 24.4 Å². The molecule has 4 aliphatic carbocycles. The van der Waals surface area contributed by atoms with Gasteiger partial charge in [0, 0.05) is 0 Å². The maximum atomic E-state index is 5.82. The van der Waals surface area contributed by atoms with Crippen molar-refractivity contribution in [3.05, 3.63) is 0 Å². The van der Waals surface area contributed by atoms with Crippen molar-refractivity contribution in [2.45, 2.75) is 88.6 Å². The van der Waals surface area contributed by atoms with E-state index < -0.39 is 0 Å². The first-order chi connectivity index (χ1) is 9.80. The van der Waals surface area contributed by atoms with Gasteiger partial charge in [-0.1, -0.05) is 0 Å². The quantitative estimate of drug-likeness (QED) is 0.667. The predicted molar refractivity (Wildman–Crippen MR) is 77.5 cm³/mol. The van der Waals surface area contributed by atoms with Crippen LogP contribution in [0.1, 0.15) is 64.2 Å². The summed E-state index contributed by atoms with van der Waals surface area (Å²) in [7, 11) is 0. The van der Waals surface area contributed by atoms with E-state index in [1.165, 1.54) is 64.2 Å². The monoisotopic (exact) mass is 276 g/mol. The number of ether oxygens (including phenoxy) is 2. The standard InChI is InChI=1S/2C9H14O/c2*1-6-2-8-4-7(1)5-9(3-6)10-8/h2*6-9H,1-5H2. The van der Waals surface area contributed by atoms with Crippen LogP contribution in [0.3, 0.4) is 0 Å². The highest BCUT2D eigenvalue weighted by Gasteiger charge is 2.43. The predicted octanol–water partition coefficient (Wildman–Crippen LogP) is 3.93. The average molecular weight is 276 g/mol. The molecule has 112 valence electrons. The van der Waals surface area contributed by atoms with Crippen molar-refractivity contribution >= 4 is 0 Å². The molecule has 8 bridgehead atoms. The molecule has 0 aromatic heterocycles. The molecule has 8 rings (SSSR count). The summed E-state index contributed by atoms with van der Waals surface area (Å²) in [4.78, 5) is 0. The topological polar surface area (TPSA) is 18.5 Å². The molecule has 8 aliphatic rings. The van der Waals surface area contributed by atoms with Crippen molar-refractivity contribution in [1.82, 2.24) is 0 Å². The molecule has 4 heterocycles. The van der Waals surface area contributed by atoms with E-state index in [-0.39, 0.29) is 0 Å². The SMILES string of the molecule is C1C2CC3CC1CC(C2)O3.C1C2CC3CC1CC(C2)O3. The van der Waals surface area contributed by atoms with E-state index in [4.69, 9.17) is 9.47 Å². The molecule has 0 radical (unpaired) electrons. The molecule has 0 N–H and O–H groups in total. The lowest BCUT2D eigenvalue weighted by atomic mass is 9.67. The zero-order valence-corrected chi connectivity index (χ0v) is 12.5. The summed E-state index contributed by atoms with van der Waals surface area (Å²) < 4.78 is 11.6. The largest absolute Gasteiger partial charge is 0.375 e. The van der Waals surface area contributed by atoms with Crippen molar-refractivity contribution in [2.75, 3.05) is 0 Å². The van der Waals surface area contributed by atoms with Gasteiger partial charge >= 0.3 is 0 Å². The third-order valence-corrected chi connectivity index (χ3v) is 6.87. The number of hydrogen-bond donors (Lipinski definition) is 0. The molecule has 0 unspecified atom stereocenters. The van der Waals surface area contributed by atoms with Crippen LogP contribution < -0.4 is 0 Å². The van der Waals surface area contributed by atoms with E-state index in [0.717, 1.165) is 23.7 Å². The Morgan fingerprint density at radius 3 is 0.800 bits per heavy atom. The van der Waals surface area contributed by atoms with E-state index in [9.17, 15) is 0 Å². The Morgan fingerprint density at radius 1 is 0.350 bits per heavy atom. The summed E-state index contributed by atoms with van der Waals surface area (Å²) in [6.45, 7) is 0. The van der Waals surface area contributed by atoms with Gasteiger partial charge in [-0.3, -0.25) is 0 Å². The smallest absolute Gasteiger partial charge is 0.0584 e. The summed E-state index contributed by atoms with van der Waals surface area (Å²) in [5, 5.41) is 0. The zero-order chi connectivity index (χ0) is 13.1. The van der Waals surface area contributed by atoms with E-state index in [1.54, 1.807) is 0 Å². The van der Waals surface area contributed by atoms with Gasteiger partial charge in [0.15, 0.2) is 0 Å². The van der Waals surface area contributed by atoms with E-state index >= 15 is 0 Å². The highest BCUT2D eigenvalue weighted by atomic mass is 16.5. The van der Waals surface area contributed by atoms with E-state index in [1.807, 2.05) is 0 Å². The fourth-order valence-electron chi connectivity index (χ4n) is 6.45. The maximum Gasteiger partial charge on any atom is 0.0584 e.